The summed E-state index contributed by atoms with van der Waals surface area (Å²) < 4.78 is 44.9. The maximum Gasteiger partial charge on any atom is 0.243 e. The Morgan fingerprint density at radius 1 is 1.18 bits per heavy atom. The molecule has 0 aliphatic rings. The predicted octanol–water partition coefficient (Wildman–Crippen LogP) is 3.42. The van der Waals surface area contributed by atoms with Crippen LogP contribution in [0, 0.1) is 5.82 Å². The van der Waals surface area contributed by atoms with Gasteiger partial charge >= 0.3 is 0 Å². The first-order valence-corrected chi connectivity index (χ1v) is 8.62. The Balaban J connectivity index is 2.24. The lowest BCUT2D eigenvalue weighted by molar-refractivity contribution is 0.414. The molecule has 0 aliphatic carbocycles. The van der Waals surface area contributed by atoms with Crippen LogP contribution in [0.25, 0.3) is 0 Å². The minimum Gasteiger partial charge on any atom is -0.497 e. The number of methoxy groups -OCH3 is 1. The highest BCUT2D eigenvalue weighted by Crippen LogP contribution is 2.23. The van der Waals surface area contributed by atoms with Gasteiger partial charge in [-0.15, -0.1) is 0 Å². The molecular weight excluding hydrogens is 373 g/mol. The van der Waals surface area contributed by atoms with Crippen molar-refractivity contribution in [3.63, 3.8) is 0 Å². The van der Waals surface area contributed by atoms with E-state index >= 15 is 0 Å². The van der Waals surface area contributed by atoms with Crippen LogP contribution < -0.4 is 4.74 Å². The van der Waals surface area contributed by atoms with Crippen molar-refractivity contribution in [3.05, 3.63) is 58.3 Å². The molecular formula is C15H15BrFNO3S. The second kappa shape index (κ2) is 6.76. The van der Waals surface area contributed by atoms with Crippen LogP contribution in [-0.2, 0) is 16.6 Å². The third-order valence-electron chi connectivity index (χ3n) is 3.18. The van der Waals surface area contributed by atoms with Gasteiger partial charge in [0.25, 0.3) is 0 Å². The van der Waals surface area contributed by atoms with Gasteiger partial charge in [-0.05, 0) is 42.0 Å². The predicted molar refractivity (Wildman–Crippen MR) is 85.7 cm³/mol. The van der Waals surface area contributed by atoms with E-state index in [9.17, 15) is 12.8 Å². The van der Waals surface area contributed by atoms with Crippen LogP contribution in [0.15, 0.2) is 51.8 Å². The van der Waals surface area contributed by atoms with Gasteiger partial charge in [0.1, 0.15) is 11.6 Å². The summed E-state index contributed by atoms with van der Waals surface area (Å²) in [5.74, 6) is 0.208. The van der Waals surface area contributed by atoms with E-state index in [4.69, 9.17) is 4.74 Å². The fourth-order valence-electron chi connectivity index (χ4n) is 1.90. The van der Waals surface area contributed by atoms with Crippen molar-refractivity contribution < 1.29 is 17.5 Å². The Morgan fingerprint density at radius 2 is 1.82 bits per heavy atom. The fraction of sp³-hybridized carbons (Fsp3) is 0.200. The molecule has 0 aliphatic heterocycles. The van der Waals surface area contributed by atoms with E-state index in [1.54, 1.807) is 18.2 Å². The molecule has 0 amide bonds. The Bertz CT molecular complexity index is 763. The van der Waals surface area contributed by atoms with Crippen molar-refractivity contribution in [2.24, 2.45) is 0 Å². The van der Waals surface area contributed by atoms with E-state index in [1.807, 2.05) is 0 Å². The average molecular weight is 388 g/mol. The van der Waals surface area contributed by atoms with Crippen molar-refractivity contribution in [2.75, 3.05) is 14.2 Å². The lowest BCUT2D eigenvalue weighted by Gasteiger charge is -2.18. The highest BCUT2D eigenvalue weighted by atomic mass is 79.9. The molecule has 2 aromatic carbocycles. The number of rotatable bonds is 5. The van der Waals surface area contributed by atoms with Crippen molar-refractivity contribution in [1.82, 2.24) is 4.31 Å². The molecule has 0 saturated carbocycles. The summed E-state index contributed by atoms with van der Waals surface area (Å²) in [6, 6.07) is 10.3. The second-order valence-corrected chi connectivity index (χ2v) is 7.57. The molecule has 4 nitrogen and oxygen atoms in total. The number of hydrogen-bond acceptors (Lipinski definition) is 3. The molecule has 0 aromatic heterocycles. The third kappa shape index (κ3) is 3.66. The molecule has 0 saturated heterocycles. The number of benzene rings is 2. The summed E-state index contributed by atoms with van der Waals surface area (Å²) in [6.07, 6.45) is 0. The molecule has 22 heavy (non-hydrogen) atoms. The molecule has 0 N–H and O–H groups in total. The minimum absolute atomic E-state index is 0.134. The molecule has 0 atom stereocenters. The van der Waals surface area contributed by atoms with Crippen LogP contribution in [-0.4, -0.2) is 26.9 Å². The van der Waals surface area contributed by atoms with E-state index in [1.165, 1.54) is 42.7 Å². The number of nitrogens with zero attached hydrogens (tertiary/aromatic N) is 1. The van der Waals surface area contributed by atoms with Gasteiger partial charge in [0.15, 0.2) is 0 Å². The Hall–Kier alpha value is -1.44. The van der Waals surface area contributed by atoms with Gasteiger partial charge in [0.05, 0.1) is 12.0 Å². The Labute approximate surface area is 137 Å². The van der Waals surface area contributed by atoms with E-state index < -0.39 is 10.0 Å². The zero-order valence-corrected chi connectivity index (χ0v) is 14.5. The van der Waals surface area contributed by atoms with Crippen molar-refractivity contribution in [3.8, 4) is 5.75 Å². The fourth-order valence-corrected chi connectivity index (χ4v) is 3.53. The van der Waals surface area contributed by atoms with E-state index in [0.717, 1.165) is 0 Å². The molecule has 0 heterocycles. The lowest BCUT2D eigenvalue weighted by atomic mass is 10.2. The summed E-state index contributed by atoms with van der Waals surface area (Å²) in [5, 5.41) is 0. The Kier molecular flexibility index (Phi) is 5.20. The van der Waals surface area contributed by atoms with E-state index in [0.29, 0.717) is 15.8 Å². The van der Waals surface area contributed by atoms with Gasteiger partial charge in [-0.2, -0.15) is 4.31 Å². The van der Waals surface area contributed by atoms with Gasteiger partial charge in [-0.25, -0.2) is 12.8 Å². The molecule has 0 spiro atoms. The van der Waals surface area contributed by atoms with Crippen LogP contribution in [0.3, 0.4) is 0 Å². The summed E-state index contributed by atoms with van der Waals surface area (Å²) in [5.41, 5.74) is 0.681. The molecule has 0 fully saturated rings. The topological polar surface area (TPSA) is 46.6 Å². The Morgan fingerprint density at radius 3 is 2.36 bits per heavy atom. The largest absolute Gasteiger partial charge is 0.497 e. The normalized spacial score (nSPS) is 11.7. The van der Waals surface area contributed by atoms with Gasteiger partial charge in [-0.3, -0.25) is 0 Å². The minimum atomic E-state index is -3.63. The van der Waals surface area contributed by atoms with Crippen LogP contribution in [0.2, 0.25) is 0 Å². The monoisotopic (exact) mass is 387 g/mol. The lowest BCUT2D eigenvalue weighted by Crippen LogP contribution is -2.26. The number of halogens is 2. The summed E-state index contributed by atoms with van der Waals surface area (Å²) in [4.78, 5) is 0.175. The van der Waals surface area contributed by atoms with E-state index in [2.05, 4.69) is 15.9 Å². The van der Waals surface area contributed by atoms with Crippen LogP contribution in [0.1, 0.15) is 5.56 Å². The maximum absolute atomic E-state index is 13.1. The number of ether oxygens (including phenoxy) is 1. The molecule has 118 valence electrons. The zero-order valence-electron chi connectivity index (χ0n) is 12.1. The quantitative estimate of drug-likeness (QED) is 0.789. The zero-order chi connectivity index (χ0) is 16.3. The summed E-state index contributed by atoms with van der Waals surface area (Å²) >= 11 is 3.24. The first-order valence-electron chi connectivity index (χ1n) is 6.39. The first-order chi connectivity index (χ1) is 10.3. The highest BCUT2D eigenvalue weighted by molar-refractivity contribution is 9.10. The molecule has 0 radical (unpaired) electrons. The SMILES string of the molecule is COc1ccc(S(=O)(=O)N(C)Cc2ccc(F)cc2Br)cc1. The van der Waals surface area contributed by atoms with E-state index in [-0.39, 0.29) is 17.3 Å². The maximum atomic E-state index is 13.1. The van der Waals surface area contributed by atoms with Crippen LogP contribution >= 0.6 is 15.9 Å². The van der Waals surface area contributed by atoms with Crippen molar-refractivity contribution in [2.45, 2.75) is 11.4 Å². The molecule has 0 bridgehead atoms. The van der Waals surface area contributed by atoms with Crippen molar-refractivity contribution in [1.29, 1.82) is 0 Å². The van der Waals surface area contributed by atoms with Gasteiger partial charge < -0.3 is 4.74 Å². The molecule has 7 heteroatoms. The molecule has 2 rings (SSSR count). The van der Waals surface area contributed by atoms with Crippen LogP contribution in [0.5, 0.6) is 5.75 Å². The second-order valence-electron chi connectivity index (χ2n) is 4.67. The smallest absolute Gasteiger partial charge is 0.243 e. The van der Waals surface area contributed by atoms with Gasteiger partial charge in [-0.1, -0.05) is 22.0 Å². The van der Waals surface area contributed by atoms with Gasteiger partial charge in [0, 0.05) is 18.1 Å². The van der Waals surface area contributed by atoms with Gasteiger partial charge in [0.2, 0.25) is 10.0 Å². The number of hydrogen-bond donors (Lipinski definition) is 0. The summed E-state index contributed by atoms with van der Waals surface area (Å²) in [7, 11) is -0.629. The van der Waals surface area contributed by atoms with Crippen LogP contribution in [0.4, 0.5) is 4.39 Å². The van der Waals surface area contributed by atoms with Crippen molar-refractivity contribution >= 4 is 26.0 Å². The molecule has 0 unspecified atom stereocenters. The third-order valence-corrected chi connectivity index (χ3v) is 5.73. The summed E-state index contributed by atoms with van der Waals surface area (Å²) in [6.45, 7) is 0.134. The average Bonchev–Trinajstić information content (AvgIpc) is 2.50. The standard InChI is InChI=1S/C15H15BrFNO3S/c1-18(10-11-3-4-12(17)9-15(11)16)22(19,20)14-7-5-13(21-2)6-8-14/h3-9H,10H2,1-2H3. The first kappa shape index (κ1) is 16.9. The molecule has 2 aromatic rings. The highest BCUT2D eigenvalue weighted by Gasteiger charge is 2.21. The number of sulfonamides is 1.